The molecule has 2 saturated carbocycles. The Kier molecular flexibility index (Phi) is 5.06. The number of hydrogen-bond acceptors (Lipinski definition) is 3. The second-order valence-corrected chi connectivity index (χ2v) is 9.39. The average molecular weight is 423 g/mol. The van der Waals surface area contributed by atoms with Crippen molar-refractivity contribution in [2.45, 2.75) is 69.4 Å². The van der Waals surface area contributed by atoms with E-state index in [1.165, 1.54) is 6.20 Å². The third-order valence-corrected chi connectivity index (χ3v) is 6.65. The van der Waals surface area contributed by atoms with Gasteiger partial charge in [-0.2, -0.15) is 0 Å². The first-order valence-corrected chi connectivity index (χ1v) is 10.4. The molecule has 1 atom stereocenters. The van der Waals surface area contributed by atoms with E-state index in [4.69, 9.17) is 11.6 Å². The summed E-state index contributed by atoms with van der Waals surface area (Å²) < 4.78 is 26.8. The van der Waals surface area contributed by atoms with Crippen LogP contribution < -0.4 is 5.32 Å². The molecule has 2 N–H and O–H groups in total. The van der Waals surface area contributed by atoms with Crippen LogP contribution in [0.15, 0.2) is 24.4 Å². The lowest BCUT2D eigenvalue weighted by Crippen LogP contribution is -2.41. The van der Waals surface area contributed by atoms with Gasteiger partial charge in [-0.3, -0.25) is 9.78 Å². The number of carbonyl (C=O) groups is 1. The van der Waals surface area contributed by atoms with Crippen LogP contribution in [-0.4, -0.2) is 33.6 Å². The summed E-state index contributed by atoms with van der Waals surface area (Å²) in [7, 11) is 0. The number of aliphatic hydroxyl groups is 1. The van der Waals surface area contributed by atoms with E-state index in [0.29, 0.717) is 22.0 Å². The number of benzene rings is 1. The van der Waals surface area contributed by atoms with Crippen molar-refractivity contribution < 1.29 is 18.7 Å². The molecule has 2 fully saturated rings. The zero-order valence-electron chi connectivity index (χ0n) is 16.5. The molecule has 0 aliphatic heterocycles. The van der Waals surface area contributed by atoms with E-state index in [1.54, 1.807) is 18.2 Å². The number of halogens is 3. The van der Waals surface area contributed by atoms with Crippen LogP contribution in [0.4, 0.5) is 8.78 Å². The highest BCUT2D eigenvalue weighted by Crippen LogP contribution is 2.57. The molecule has 7 heteroatoms. The smallest absolute Gasteiger partial charge is 0.255 e. The number of alkyl halides is 2. The average Bonchev–Trinajstić information content (AvgIpc) is 3.28. The summed E-state index contributed by atoms with van der Waals surface area (Å²) in [6.45, 7) is 3.66. The molecule has 1 amide bonds. The molecule has 156 valence electrons. The maximum atomic E-state index is 13.4. The second kappa shape index (κ2) is 7.17. The maximum absolute atomic E-state index is 13.4. The van der Waals surface area contributed by atoms with Crippen molar-refractivity contribution in [3.63, 3.8) is 0 Å². The number of fused-ring (bicyclic) bond motifs is 1. The summed E-state index contributed by atoms with van der Waals surface area (Å²) >= 11 is 6.22. The molecule has 29 heavy (non-hydrogen) atoms. The van der Waals surface area contributed by atoms with Crippen LogP contribution in [0.1, 0.15) is 67.8 Å². The summed E-state index contributed by atoms with van der Waals surface area (Å²) in [5, 5.41) is 14.1. The van der Waals surface area contributed by atoms with Gasteiger partial charge in [-0.05, 0) is 69.2 Å². The van der Waals surface area contributed by atoms with Crippen LogP contribution >= 0.6 is 11.6 Å². The van der Waals surface area contributed by atoms with Crippen molar-refractivity contribution in [1.82, 2.24) is 10.3 Å². The standard InChI is InChI=1S/C22H25ClF2N2O2/c1-21(2,29)14-3-5-15(6-4-14)27-20(28)13-7-12-8-18(23)16(9-19(12)26-11-13)17-10-22(17,24)25/h7-9,11,14-15,17,29H,3-6,10H2,1-2H3,(H,27,28). The van der Waals surface area contributed by atoms with Crippen LogP contribution in [0, 0.1) is 5.92 Å². The van der Waals surface area contributed by atoms with E-state index in [-0.39, 0.29) is 29.3 Å². The largest absolute Gasteiger partial charge is 0.390 e. The van der Waals surface area contributed by atoms with Gasteiger partial charge in [-0.1, -0.05) is 11.6 Å². The lowest BCUT2D eigenvalue weighted by molar-refractivity contribution is -0.00257. The maximum Gasteiger partial charge on any atom is 0.255 e. The number of pyridine rings is 1. The Bertz CT molecular complexity index is 950. The van der Waals surface area contributed by atoms with Crippen LogP contribution in [0.3, 0.4) is 0 Å². The molecule has 2 aliphatic rings. The summed E-state index contributed by atoms with van der Waals surface area (Å²) in [6, 6.07) is 4.97. The van der Waals surface area contributed by atoms with Gasteiger partial charge in [0.05, 0.1) is 22.6 Å². The molecule has 0 radical (unpaired) electrons. The number of nitrogens with one attached hydrogen (secondary N) is 1. The van der Waals surface area contributed by atoms with E-state index in [0.717, 1.165) is 25.7 Å². The zero-order valence-corrected chi connectivity index (χ0v) is 17.3. The number of carbonyl (C=O) groups excluding carboxylic acids is 1. The van der Waals surface area contributed by atoms with Crippen molar-refractivity contribution in [3.05, 3.63) is 40.5 Å². The molecular formula is C22H25ClF2N2O2. The van der Waals surface area contributed by atoms with E-state index in [9.17, 15) is 18.7 Å². The Morgan fingerprint density at radius 1 is 1.24 bits per heavy atom. The molecule has 1 aromatic carbocycles. The van der Waals surface area contributed by atoms with E-state index in [2.05, 4.69) is 10.3 Å². The lowest BCUT2D eigenvalue weighted by atomic mass is 9.77. The fourth-order valence-corrected chi connectivity index (χ4v) is 4.62. The molecule has 2 aromatic rings. The van der Waals surface area contributed by atoms with Gasteiger partial charge in [0.25, 0.3) is 11.8 Å². The van der Waals surface area contributed by atoms with E-state index < -0.39 is 17.4 Å². The zero-order chi connectivity index (χ0) is 21.0. The Morgan fingerprint density at radius 2 is 1.90 bits per heavy atom. The predicted octanol–water partition coefficient (Wildman–Crippen LogP) is 5.07. The fourth-order valence-electron chi connectivity index (χ4n) is 4.32. The van der Waals surface area contributed by atoms with Crippen LogP contribution in [0.25, 0.3) is 10.9 Å². The Balaban J connectivity index is 1.45. The van der Waals surface area contributed by atoms with E-state index in [1.807, 2.05) is 13.8 Å². The first-order chi connectivity index (χ1) is 13.5. The van der Waals surface area contributed by atoms with Gasteiger partial charge in [0, 0.05) is 29.1 Å². The van der Waals surface area contributed by atoms with Crippen molar-refractivity contribution in [2.75, 3.05) is 0 Å². The first-order valence-electron chi connectivity index (χ1n) is 10.0. The summed E-state index contributed by atoms with van der Waals surface area (Å²) in [4.78, 5) is 17.0. The number of nitrogens with zero attached hydrogens (tertiary/aromatic N) is 1. The predicted molar refractivity (Wildman–Crippen MR) is 109 cm³/mol. The molecule has 2 aliphatic carbocycles. The quantitative estimate of drug-likeness (QED) is 0.723. The molecule has 1 heterocycles. The summed E-state index contributed by atoms with van der Waals surface area (Å²) in [6.07, 6.45) is 4.68. The van der Waals surface area contributed by atoms with Gasteiger partial charge in [0.2, 0.25) is 0 Å². The van der Waals surface area contributed by atoms with Crippen LogP contribution in [0.2, 0.25) is 5.02 Å². The van der Waals surface area contributed by atoms with Gasteiger partial charge in [-0.25, -0.2) is 8.78 Å². The summed E-state index contributed by atoms with van der Waals surface area (Å²) in [5.74, 6) is -3.50. The molecule has 0 saturated heterocycles. The Labute approximate surface area is 173 Å². The monoisotopic (exact) mass is 422 g/mol. The van der Waals surface area contributed by atoms with Crippen molar-refractivity contribution >= 4 is 28.4 Å². The Hall–Kier alpha value is -1.79. The molecule has 4 rings (SSSR count). The van der Waals surface area contributed by atoms with Crippen molar-refractivity contribution in [1.29, 1.82) is 0 Å². The third-order valence-electron chi connectivity index (χ3n) is 6.32. The highest BCUT2D eigenvalue weighted by Gasteiger charge is 2.58. The molecular weight excluding hydrogens is 398 g/mol. The van der Waals surface area contributed by atoms with Gasteiger partial charge in [0.15, 0.2) is 0 Å². The third kappa shape index (κ3) is 4.24. The second-order valence-electron chi connectivity index (χ2n) is 8.98. The molecule has 0 spiro atoms. The minimum absolute atomic E-state index is 0.0693. The first kappa shape index (κ1) is 20.5. The van der Waals surface area contributed by atoms with Crippen LogP contribution in [-0.2, 0) is 0 Å². The minimum atomic E-state index is -2.69. The Morgan fingerprint density at radius 3 is 2.48 bits per heavy atom. The highest BCUT2D eigenvalue weighted by molar-refractivity contribution is 6.32. The van der Waals surface area contributed by atoms with Crippen molar-refractivity contribution in [3.8, 4) is 0 Å². The minimum Gasteiger partial charge on any atom is -0.390 e. The van der Waals surface area contributed by atoms with Gasteiger partial charge < -0.3 is 10.4 Å². The molecule has 0 bridgehead atoms. The fraction of sp³-hybridized carbons (Fsp3) is 0.545. The van der Waals surface area contributed by atoms with Crippen molar-refractivity contribution in [2.24, 2.45) is 5.92 Å². The van der Waals surface area contributed by atoms with Gasteiger partial charge in [0.1, 0.15) is 0 Å². The summed E-state index contributed by atoms with van der Waals surface area (Å²) in [5.41, 5.74) is 0.689. The van der Waals surface area contributed by atoms with Gasteiger partial charge in [-0.15, -0.1) is 0 Å². The SMILES string of the molecule is CC(C)(O)C1CCC(NC(=O)c2cnc3cc(C4CC4(F)F)c(Cl)cc3c2)CC1. The normalized spacial score (nSPS) is 26.3. The number of amides is 1. The molecule has 1 unspecified atom stereocenters. The molecule has 1 aromatic heterocycles. The molecule has 4 nitrogen and oxygen atoms in total. The number of hydrogen-bond donors (Lipinski definition) is 2. The van der Waals surface area contributed by atoms with Gasteiger partial charge >= 0.3 is 0 Å². The van der Waals surface area contributed by atoms with Crippen LogP contribution in [0.5, 0.6) is 0 Å². The number of rotatable bonds is 4. The number of aromatic nitrogens is 1. The topological polar surface area (TPSA) is 62.2 Å². The highest BCUT2D eigenvalue weighted by atomic mass is 35.5. The lowest BCUT2D eigenvalue weighted by Gasteiger charge is -2.36. The van der Waals surface area contributed by atoms with E-state index >= 15 is 0 Å².